The second-order valence-corrected chi connectivity index (χ2v) is 7.55. The van der Waals surface area contributed by atoms with Crippen molar-refractivity contribution in [1.29, 1.82) is 0 Å². The summed E-state index contributed by atoms with van der Waals surface area (Å²) in [5.74, 6) is 0.840. The number of nitrogens with zero attached hydrogens (tertiary/aromatic N) is 1. The van der Waals surface area contributed by atoms with E-state index in [2.05, 4.69) is 10.2 Å². The third-order valence-corrected chi connectivity index (χ3v) is 5.29. The summed E-state index contributed by atoms with van der Waals surface area (Å²) in [5, 5.41) is 2.97. The molecule has 3 rings (SSSR count). The molecule has 7 heteroatoms. The summed E-state index contributed by atoms with van der Waals surface area (Å²) in [6.45, 7) is 5.90. The lowest BCUT2D eigenvalue weighted by Crippen LogP contribution is -2.43. The third kappa shape index (κ3) is 6.80. The summed E-state index contributed by atoms with van der Waals surface area (Å²) in [4.78, 5) is 14.7. The molecule has 172 valence electrons. The van der Waals surface area contributed by atoms with Crippen molar-refractivity contribution in [3.05, 3.63) is 65.5 Å². The van der Waals surface area contributed by atoms with Crippen molar-refractivity contribution in [1.82, 2.24) is 10.2 Å². The van der Waals surface area contributed by atoms with E-state index in [-0.39, 0.29) is 17.8 Å². The highest BCUT2D eigenvalue weighted by Gasteiger charge is 2.23. The minimum atomic E-state index is -0.275. The standard InChI is InChI=1S/C25H31FN2O4/c1-3-14-32-23-10-4-19(17-24(23)30-2)5-11-25(29)27-18-22(28-12-15-31-16-13-28)20-6-8-21(26)9-7-20/h4-11,17,22H,3,12-16,18H2,1-2H3,(H,27,29)/b11-5+. The Labute approximate surface area is 189 Å². The fourth-order valence-electron chi connectivity index (χ4n) is 3.58. The number of hydrogen-bond acceptors (Lipinski definition) is 5. The Hall–Kier alpha value is -2.90. The molecular weight excluding hydrogens is 411 g/mol. The largest absolute Gasteiger partial charge is 0.493 e. The highest BCUT2D eigenvalue weighted by molar-refractivity contribution is 5.91. The highest BCUT2D eigenvalue weighted by Crippen LogP contribution is 2.28. The molecule has 32 heavy (non-hydrogen) atoms. The van der Waals surface area contributed by atoms with E-state index in [0.29, 0.717) is 37.9 Å². The molecule has 1 fully saturated rings. The van der Waals surface area contributed by atoms with Gasteiger partial charge in [-0.25, -0.2) is 4.39 Å². The van der Waals surface area contributed by atoms with E-state index in [1.807, 2.05) is 25.1 Å². The molecule has 0 aromatic heterocycles. The molecule has 2 aromatic carbocycles. The molecular formula is C25H31FN2O4. The predicted molar refractivity (Wildman–Crippen MR) is 122 cm³/mol. The van der Waals surface area contributed by atoms with Gasteiger partial charge in [0.1, 0.15) is 5.82 Å². The van der Waals surface area contributed by atoms with Crippen LogP contribution in [0.1, 0.15) is 30.5 Å². The summed E-state index contributed by atoms with van der Waals surface area (Å²) < 4.78 is 29.9. The number of carbonyl (C=O) groups is 1. The summed E-state index contributed by atoms with van der Waals surface area (Å²) in [7, 11) is 1.59. The summed E-state index contributed by atoms with van der Waals surface area (Å²) >= 11 is 0. The average molecular weight is 443 g/mol. The highest BCUT2D eigenvalue weighted by atomic mass is 19.1. The quantitative estimate of drug-likeness (QED) is 0.567. The molecule has 6 nitrogen and oxygen atoms in total. The van der Waals surface area contributed by atoms with Gasteiger partial charge in [0.05, 0.1) is 33.0 Å². The van der Waals surface area contributed by atoms with E-state index in [9.17, 15) is 9.18 Å². The minimum absolute atomic E-state index is 0.0491. The SMILES string of the molecule is CCCOc1ccc(/C=C/C(=O)NCC(c2ccc(F)cc2)N2CCOCC2)cc1OC. The van der Waals surface area contributed by atoms with Crippen molar-refractivity contribution in [3.63, 3.8) is 0 Å². The first-order chi connectivity index (χ1) is 15.6. The Morgan fingerprint density at radius 3 is 2.62 bits per heavy atom. The number of carbonyl (C=O) groups excluding carboxylic acids is 1. The fraction of sp³-hybridized carbons (Fsp3) is 0.400. The van der Waals surface area contributed by atoms with Gasteiger partial charge in [0, 0.05) is 25.7 Å². The molecule has 0 radical (unpaired) electrons. The van der Waals surface area contributed by atoms with Crippen LogP contribution in [-0.4, -0.2) is 57.4 Å². The summed E-state index contributed by atoms with van der Waals surface area (Å²) in [5.41, 5.74) is 1.80. The number of ether oxygens (including phenoxy) is 3. The maximum atomic E-state index is 13.4. The topological polar surface area (TPSA) is 60.0 Å². The molecule has 1 amide bonds. The molecule has 1 heterocycles. The molecule has 1 aliphatic rings. The van der Waals surface area contributed by atoms with Crippen molar-refractivity contribution in [2.75, 3.05) is 46.6 Å². The van der Waals surface area contributed by atoms with Crippen LogP contribution in [0.2, 0.25) is 0 Å². The van der Waals surface area contributed by atoms with Crippen molar-refractivity contribution in [3.8, 4) is 11.5 Å². The summed E-state index contributed by atoms with van der Waals surface area (Å²) in [6, 6.07) is 12.0. The second kappa shape index (κ2) is 12.2. The molecule has 1 unspecified atom stereocenters. The Bertz CT molecular complexity index is 895. The van der Waals surface area contributed by atoms with Gasteiger partial charge in [-0.05, 0) is 47.9 Å². The van der Waals surface area contributed by atoms with Crippen LogP contribution >= 0.6 is 0 Å². The fourth-order valence-corrected chi connectivity index (χ4v) is 3.58. The number of amides is 1. The molecule has 1 saturated heterocycles. The van der Waals surface area contributed by atoms with Crippen LogP contribution < -0.4 is 14.8 Å². The molecule has 0 saturated carbocycles. The van der Waals surface area contributed by atoms with Gasteiger partial charge in [-0.2, -0.15) is 0 Å². The minimum Gasteiger partial charge on any atom is -0.493 e. The van der Waals surface area contributed by atoms with Crippen LogP contribution in [0.15, 0.2) is 48.5 Å². The number of rotatable bonds is 10. The summed E-state index contributed by atoms with van der Waals surface area (Å²) in [6.07, 6.45) is 4.15. The van der Waals surface area contributed by atoms with Crippen LogP contribution in [0.25, 0.3) is 6.08 Å². The average Bonchev–Trinajstić information content (AvgIpc) is 2.83. The first kappa shape index (κ1) is 23.8. The van der Waals surface area contributed by atoms with Crippen LogP contribution in [0.3, 0.4) is 0 Å². The van der Waals surface area contributed by atoms with Crippen molar-refractivity contribution >= 4 is 12.0 Å². The maximum absolute atomic E-state index is 13.4. The van der Waals surface area contributed by atoms with Crippen molar-refractivity contribution in [2.24, 2.45) is 0 Å². The van der Waals surface area contributed by atoms with Crippen LogP contribution in [0, 0.1) is 5.82 Å². The zero-order valence-corrected chi connectivity index (χ0v) is 18.7. The Kier molecular flexibility index (Phi) is 9.07. The Morgan fingerprint density at radius 2 is 1.94 bits per heavy atom. The molecule has 1 aliphatic heterocycles. The number of morpholine rings is 1. The zero-order chi connectivity index (χ0) is 22.8. The lowest BCUT2D eigenvalue weighted by molar-refractivity contribution is -0.116. The van der Waals surface area contributed by atoms with Gasteiger partial charge in [-0.15, -0.1) is 0 Å². The van der Waals surface area contributed by atoms with E-state index in [1.165, 1.54) is 18.2 Å². The number of hydrogen-bond donors (Lipinski definition) is 1. The van der Waals surface area contributed by atoms with Crippen molar-refractivity contribution < 1.29 is 23.4 Å². The van der Waals surface area contributed by atoms with E-state index >= 15 is 0 Å². The number of methoxy groups -OCH3 is 1. The van der Waals surface area contributed by atoms with Gasteiger partial charge in [0.25, 0.3) is 0 Å². The Balaban J connectivity index is 1.63. The predicted octanol–water partition coefficient (Wildman–Crippen LogP) is 3.83. The van der Waals surface area contributed by atoms with E-state index in [1.54, 1.807) is 25.3 Å². The van der Waals surface area contributed by atoms with E-state index in [0.717, 1.165) is 30.6 Å². The first-order valence-corrected chi connectivity index (χ1v) is 10.9. The van der Waals surface area contributed by atoms with E-state index in [4.69, 9.17) is 14.2 Å². The monoisotopic (exact) mass is 442 g/mol. The molecule has 0 spiro atoms. The lowest BCUT2D eigenvalue weighted by Gasteiger charge is -2.34. The third-order valence-electron chi connectivity index (χ3n) is 5.29. The Morgan fingerprint density at radius 1 is 1.19 bits per heavy atom. The smallest absolute Gasteiger partial charge is 0.244 e. The first-order valence-electron chi connectivity index (χ1n) is 10.9. The zero-order valence-electron chi connectivity index (χ0n) is 18.7. The molecule has 0 bridgehead atoms. The van der Waals surface area contributed by atoms with Gasteiger partial charge in [0.15, 0.2) is 11.5 Å². The molecule has 1 atom stereocenters. The van der Waals surface area contributed by atoms with Crippen molar-refractivity contribution in [2.45, 2.75) is 19.4 Å². The molecule has 1 N–H and O–H groups in total. The molecule has 0 aliphatic carbocycles. The maximum Gasteiger partial charge on any atom is 0.244 e. The van der Waals surface area contributed by atoms with Gasteiger partial charge < -0.3 is 19.5 Å². The van der Waals surface area contributed by atoms with Gasteiger partial charge in [0.2, 0.25) is 5.91 Å². The van der Waals surface area contributed by atoms with Crippen LogP contribution in [-0.2, 0) is 9.53 Å². The van der Waals surface area contributed by atoms with Crippen LogP contribution in [0.5, 0.6) is 11.5 Å². The number of halogens is 1. The molecule has 2 aromatic rings. The van der Waals surface area contributed by atoms with E-state index < -0.39 is 0 Å². The normalized spacial score (nSPS) is 15.5. The van der Waals surface area contributed by atoms with Gasteiger partial charge in [-0.3, -0.25) is 9.69 Å². The van der Waals surface area contributed by atoms with Gasteiger partial charge in [-0.1, -0.05) is 25.1 Å². The van der Waals surface area contributed by atoms with Gasteiger partial charge >= 0.3 is 0 Å². The lowest BCUT2D eigenvalue weighted by atomic mass is 10.0. The van der Waals surface area contributed by atoms with Crippen LogP contribution in [0.4, 0.5) is 4.39 Å². The number of nitrogens with one attached hydrogen (secondary N) is 1. The second-order valence-electron chi connectivity index (χ2n) is 7.55. The number of benzene rings is 2.